The molecule has 0 spiro atoms. The zero-order chi connectivity index (χ0) is 14.7. The molecule has 0 fully saturated rings. The maximum absolute atomic E-state index is 13.6. The topological polar surface area (TPSA) is 73.0 Å². The summed E-state index contributed by atoms with van der Waals surface area (Å²) in [4.78, 5) is 10.5. The largest absolute Gasteiger partial charge is 0.375 e. The molecule has 2 rings (SSSR count). The second-order valence-corrected chi connectivity index (χ2v) is 5.48. The molecular formula is C12H12FIN4O2. The highest BCUT2D eigenvalue weighted by Crippen LogP contribution is 2.29. The first-order chi connectivity index (χ1) is 9.47. The van der Waals surface area contributed by atoms with Gasteiger partial charge in [0.1, 0.15) is 11.5 Å². The van der Waals surface area contributed by atoms with Crippen molar-refractivity contribution in [1.82, 2.24) is 9.78 Å². The lowest BCUT2D eigenvalue weighted by Gasteiger charge is -2.15. The average molecular weight is 390 g/mol. The number of aromatic nitrogens is 2. The van der Waals surface area contributed by atoms with Gasteiger partial charge in [-0.05, 0) is 35.6 Å². The molecule has 0 amide bonds. The molecule has 1 atom stereocenters. The summed E-state index contributed by atoms with van der Waals surface area (Å²) in [6.07, 6.45) is 3.45. The summed E-state index contributed by atoms with van der Waals surface area (Å²) < 4.78 is 15.5. The van der Waals surface area contributed by atoms with Crippen molar-refractivity contribution >= 4 is 34.0 Å². The van der Waals surface area contributed by atoms with E-state index in [-0.39, 0.29) is 21.0 Å². The van der Waals surface area contributed by atoms with Crippen molar-refractivity contribution in [1.29, 1.82) is 0 Å². The molecule has 1 aromatic heterocycles. The Morgan fingerprint density at radius 3 is 2.95 bits per heavy atom. The number of rotatable bonds is 5. The van der Waals surface area contributed by atoms with Gasteiger partial charge in [0.15, 0.2) is 0 Å². The molecule has 106 valence electrons. The SMILES string of the molecule is CC(Cn1cccn1)Nc1cc(F)c(I)cc1[N+](=O)[O-]. The van der Waals surface area contributed by atoms with E-state index in [1.807, 2.05) is 6.92 Å². The van der Waals surface area contributed by atoms with Crippen LogP contribution >= 0.6 is 22.6 Å². The number of nitrogens with one attached hydrogen (secondary N) is 1. The Hall–Kier alpha value is -1.71. The van der Waals surface area contributed by atoms with E-state index in [4.69, 9.17) is 0 Å². The van der Waals surface area contributed by atoms with Gasteiger partial charge in [-0.1, -0.05) is 0 Å². The number of nitro benzene ring substituents is 1. The molecule has 0 saturated heterocycles. The fourth-order valence-electron chi connectivity index (χ4n) is 1.80. The summed E-state index contributed by atoms with van der Waals surface area (Å²) in [5.41, 5.74) is 0.0377. The highest BCUT2D eigenvalue weighted by molar-refractivity contribution is 14.1. The van der Waals surface area contributed by atoms with Crippen LogP contribution in [0.2, 0.25) is 0 Å². The van der Waals surface area contributed by atoms with Crippen molar-refractivity contribution in [2.75, 3.05) is 5.32 Å². The van der Waals surface area contributed by atoms with Crippen LogP contribution in [0, 0.1) is 19.5 Å². The first-order valence-corrected chi connectivity index (χ1v) is 6.92. The van der Waals surface area contributed by atoms with Crippen LogP contribution in [0.4, 0.5) is 15.8 Å². The van der Waals surface area contributed by atoms with Gasteiger partial charge in [-0.3, -0.25) is 14.8 Å². The first kappa shape index (κ1) is 14.7. The molecule has 8 heteroatoms. The molecule has 20 heavy (non-hydrogen) atoms. The Labute approximate surface area is 128 Å². The minimum Gasteiger partial charge on any atom is -0.375 e. The van der Waals surface area contributed by atoms with E-state index in [9.17, 15) is 14.5 Å². The number of nitrogens with zero attached hydrogens (tertiary/aromatic N) is 3. The van der Waals surface area contributed by atoms with Crippen molar-refractivity contribution < 1.29 is 9.31 Å². The monoisotopic (exact) mass is 390 g/mol. The van der Waals surface area contributed by atoms with E-state index in [0.29, 0.717) is 6.54 Å². The Kier molecular flexibility index (Phi) is 4.53. The highest BCUT2D eigenvalue weighted by Gasteiger charge is 2.19. The third-order valence-corrected chi connectivity index (χ3v) is 3.48. The standard InChI is InChI=1S/C12H12FIN4O2/c1-8(7-17-4-2-3-15-17)16-11-5-9(13)10(14)6-12(11)18(19)20/h2-6,8,16H,7H2,1H3. The maximum Gasteiger partial charge on any atom is 0.293 e. The smallest absolute Gasteiger partial charge is 0.293 e. The van der Waals surface area contributed by atoms with Gasteiger partial charge in [-0.25, -0.2) is 4.39 Å². The molecule has 0 aliphatic carbocycles. The summed E-state index contributed by atoms with van der Waals surface area (Å²) in [5, 5.41) is 18.0. The van der Waals surface area contributed by atoms with Gasteiger partial charge in [0.2, 0.25) is 0 Å². The van der Waals surface area contributed by atoms with Crippen molar-refractivity contribution in [2.45, 2.75) is 19.5 Å². The molecule has 6 nitrogen and oxygen atoms in total. The lowest BCUT2D eigenvalue weighted by Crippen LogP contribution is -2.22. The summed E-state index contributed by atoms with van der Waals surface area (Å²) >= 11 is 1.73. The molecule has 0 aliphatic heterocycles. The van der Waals surface area contributed by atoms with E-state index in [2.05, 4.69) is 10.4 Å². The van der Waals surface area contributed by atoms with Gasteiger partial charge in [0, 0.05) is 30.6 Å². The van der Waals surface area contributed by atoms with E-state index in [1.165, 1.54) is 6.07 Å². The highest BCUT2D eigenvalue weighted by atomic mass is 127. The maximum atomic E-state index is 13.6. The first-order valence-electron chi connectivity index (χ1n) is 5.84. The predicted molar refractivity (Wildman–Crippen MR) is 81.1 cm³/mol. The van der Waals surface area contributed by atoms with Crippen molar-refractivity contribution in [2.24, 2.45) is 0 Å². The predicted octanol–water partition coefficient (Wildman–Crippen LogP) is 3.04. The molecule has 0 aliphatic rings. The van der Waals surface area contributed by atoms with Gasteiger partial charge in [0.05, 0.1) is 15.0 Å². The minimum atomic E-state index is -0.523. The number of anilines is 1. The quantitative estimate of drug-likeness (QED) is 0.484. The molecule has 2 aromatic rings. The van der Waals surface area contributed by atoms with Crippen molar-refractivity contribution in [3.8, 4) is 0 Å². The molecule has 0 bridgehead atoms. The molecule has 1 unspecified atom stereocenters. The van der Waals surface area contributed by atoms with Crippen LogP contribution in [0.5, 0.6) is 0 Å². The third-order valence-electron chi connectivity index (χ3n) is 2.66. The van der Waals surface area contributed by atoms with Crippen LogP contribution in [-0.4, -0.2) is 20.7 Å². The zero-order valence-corrected chi connectivity index (χ0v) is 12.7. The minimum absolute atomic E-state index is 0.131. The van der Waals surface area contributed by atoms with E-state index in [0.717, 1.165) is 6.07 Å². The average Bonchev–Trinajstić information content (AvgIpc) is 2.85. The summed E-state index contributed by atoms with van der Waals surface area (Å²) in [6.45, 7) is 2.37. The molecule has 1 N–H and O–H groups in total. The van der Waals surface area contributed by atoms with Crippen LogP contribution < -0.4 is 5.32 Å². The molecular weight excluding hydrogens is 378 g/mol. The summed E-state index contributed by atoms with van der Waals surface area (Å²) in [5.74, 6) is -0.481. The number of benzene rings is 1. The summed E-state index contributed by atoms with van der Waals surface area (Å²) in [6, 6.07) is 4.03. The Balaban J connectivity index is 2.19. The van der Waals surface area contributed by atoms with E-state index in [1.54, 1.807) is 45.7 Å². The lowest BCUT2D eigenvalue weighted by molar-refractivity contribution is -0.384. The van der Waals surface area contributed by atoms with Gasteiger partial charge in [0.25, 0.3) is 5.69 Å². The fraction of sp³-hybridized carbons (Fsp3) is 0.250. The Bertz CT molecular complexity index is 618. The van der Waals surface area contributed by atoms with Gasteiger partial charge in [-0.2, -0.15) is 5.10 Å². The Morgan fingerprint density at radius 1 is 1.60 bits per heavy atom. The fourth-order valence-corrected chi connectivity index (χ4v) is 2.25. The van der Waals surface area contributed by atoms with Gasteiger partial charge < -0.3 is 5.32 Å². The number of hydrogen-bond acceptors (Lipinski definition) is 4. The molecule has 0 saturated carbocycles. The van der Waals surface area contributed by atoms with Crippen LogP contribution in [0.25, 0.3) is 0 Å². The number of hydrogen-bond donors (Lipinski definition) is 1. The van der Waals surface area contributed by atoms with Crippen molar-refractivity contribution in [3.05, 3.63) is 50.1 Å². The Morgan fingerprint density at radius 2 is 2.35 bits per heavy atom. The molecule has 1 aromatic carbocycles. The third kappa shape index (κ3) is 3.44. The van der Waals surface area contributed by atoms with Gasteiger partial charge in [-0.15, -0.1) is 0 Å². The lowest BCUT2D eigenvalue weighted by atomic mass is 10.2. The van der Waals surface area contributed by atoms with Crippen LogP contribution in [-0.2, 0) is 6.54 Å². The normalized spacial score (nSPS) is 12.2. The second-order valence-electron chi connectivity index (χ2n) is 4.31. The number of halogens is 2. The van der Waals surface area contributed by atoms with Gasteiger partial charge >= 0.3 is 0 Å². The zero-order valence-electron chi connectivity index (χ0n) is 10.6. The molecule has 1 heterocycles. The van der Waals surface area contributed by atoms with Crippen molar-refractivity contribution in [3.63, 3.8) is 0 Å². The van der Waals surface area contributed by atoms with E-state index < -0.39 is 10.7 Å². The van der Waals surface area contributed by atoms with E-state index >= 15 is 0 Å². The molecule has 0 radical (unpaired) electrons. The van der Waals surface area contributed by atoms with Crippen LogP contribution in [0.1, 0.15) is 6.92 Å². The summed E-state index contributed by atoms with van der Waals surface area (Å²) in [7, 11) is 0. The van der Waals surface area contributed by atoms with Crippen LogP contribution in [0.3, 0.4) is 0 Å². The van der Waals surface area contributed by atoms with Crippen LogP contribution in [0.15, 0.2) is 30.6 Å². The number of nitro groups is 1. The second kappa shape index (κ2) is 6.16.